The first-order valence-electron chi connectivity index (χ1n) is 6.28. The van der Waals surface area contributed by atoms with Gasteiger partial charge in [-0.1, -0.05) is 70.1 Å². The van der Waals surface area contributed by atoms with Crippen molar-refractivity contribution < 1.29 is 9.90 Å². The summed E-state index contributed by atoms with van der Waals surface area (Å²) in [7, 11) is 1.72. The second-order valence-corrected chi connectivity index (χ2v) is 7.49. The van der Waals surface area contributed by atoms with E-state index in [2.05, 4.69) is 9.39 Å². The maximum absolute atomic E-state index is 11.3. The molecular weight excluding hydrogens is 288 g/mol. The molecule has 0 amide bonds. The highest BCUT2D eigenvalue weighted by atomic mass is 31.2. The Labute approximate surface area is 122 Å². The Bertz CT molecular complexity index is 523. The van der Waals surface area contributed by atoms with Crippen molar-refractivity contribution in [2.75, 3.05) is 0 Å². The minimum absolute atomic E-state index is 0.563. The van der Waals surface area contributed by atoms with Gasteiger partial charge in [0.25, 0.3) is 0 Å². The number of nitrogens with zero attached hydrogens (tertiary/aromatic N) is 1. The smallest absolute Gasteiger partial charge is 0.321 e. The van der Waals surface area contributed by atoms with E-state index in [1.807, 2.05) is 65.1 Å². The fourth-order valence-electron chi connectivity index (χ4n) is 1.84. The van der Waals surface area contributed by atoms with Crippen molar-refractivity contribution in [1.29, 1.82) is 0 Å². The highest BCUT2D eigenvalue weighted by Crippen LogP contribution is 2.42. The second-order valence-electron chi connectivity index (χ2n) is 4.38. The van der Waals surface area contributed by atoms with Crippen molar-refractivity contribution in [3.05, 3.63) is 60.7 Å². The quantitative estimate of drug-likeness (QED) is 0.863. The largest absolute Gasteiger partial charge is 0.480 e. The SMILES string of the molecule is C[C@H](C(=O)O)N(P)P(c1ccccc1)c1ccccc1. The summed E-state index contributed by atoms with van der Waals surface area (Å²) in [5.74, 6) is -0.820. The summed E-state index contributed by atoms with van der Waals surface area (Å²) in [4.78, 5) is 11.3. The molecule has 5 heteroatoms. The van der Waals surface area contributed by atoms with Gasteiger partial charge in [0.1, 0.15) is 6.04 Å². The van der Waals surface area contributed by atoms with Crippen LogP contribution in [0.5, 0.6) is 0 Å². The normalized spacial score (nSPS) is 12.6. The predicted octanol–water partition coefficient (Wildman–Crippen LogP) is 2.60. The summed E-state index contributed by atoms with van der Waals surface area (Å²) < 4.78 is 1.86. The van der Waals surface area contributed by atoms with Crippen LogP contribution in [-0.4, -0.2) is 21.6 Å². The van der Waals surface area contributed by atoms with Gasteiger partial charge in [-0.05, 0) is 17.5 Å². The molecule has 2 aromatic rings. The zero-order valence-corrected chi connectivity index (χ0v) is 13.2. The van der Waals surface area contributed by atoms with Gasteiger partial charge in [-0.15, -0.1) is 0 Å². The van der Waals surface area contributed by atoms with Crippen LogP contribution >= 0.6 is 17.5 Å². The molecule has 0 aromatic heterocycles. The third kappa shape index (κ3) is 3.43. The number of carboxylic acid groups (broad SMARTS) is 1. The van der Waals surface area contributed by atoms with Crippen LogP contribution in [0.15, 0.2) is 60.7 Å². The van der Waals surface area contributed by atoms with Crippen molar-refractivity contribution in [2.24, 2.45) is 0 Å². The monoisotopic (exact) mass is 305 g/mol. The Morgan fingerprint density at radius 3 is 1.80 bits per heavy atom. The molecule has 1 N–H and O–H groups in total. The lowest BCUT2D eigenvalue weighted by molar-refractivity contribution is -0.139. The van der Waals surface area contributed by atoms with Crippen molar-refractivity contribution in [3.63, 3.8) is 0 Å². The molecule has 2 aromatic carbocycles. The molecule has 2 rings (SSSR count). The fourth-order valence-corrected chi connectivity index (χ4v) is 4.95. The molecule has 0 heterocycles. The third-order valence-corrected chi connectivity index (χ3v) is 6.51. The molecule has 0 aliphatic rings. The van der Waals surface area contributed by atoms with Gasteiger partial charge in [0, 0.05) is 8.07 Å². The minimum Gasteiger partial charge on any atom is -0.480 e. The van der Waals surface area contributed by atoms with Crippen LogP contribution in [0.4, 0.5) is 0 Å². The number of rotatable bonds is 5. The fraction of sp³-hybridized carbons (Fsp3) is 0.133. The van der Waals surface area contributed by atoms with E-state index in [0.29, 0.717) is 0 Å². The summed E-state index contributed by atoms with van der Waals surface area (Å²) in [6, 6.07) is 19.5. The highest BCUT2D eigenvalue weighted by Gasteiger charge is 2.27. The molecule has 0 aliphatic carbocycles. The van der Waals surface area contributed by atoms with Gasteiger partial charge in [0.2, 0.25) is 0 Å². The topological polar surface area (TPSA) is 40.5 Å². The van der Waals surface area contributed by atoms with Gasteiger partial charge in [-0.2, -0.15) is 0 Å². The predicted molar refractivity (Wildman–Crippen MR) is 87.7 cm³/mol. The lowest BCUT2D eigenvalue weighted by Gasteiger charge is -2.31. The molecule has 0 radical (unpaired) electrons. The van der Waals surface area contributed by atoms with Crippen molar-refractivity contribution in [1.82, 2.24) is 4.44 Å². The van der Waals surface area contributed by atoms with Gasteiger partial charge in [0.15, 0.2) is 0 Å². The second kappa shape index (κ2) is 6.95. The Hall–Kier alpha value is -1.27. The number of benzene rings is 2. The molecule has 0 aliphatic heterocycles. The number of hydrogen-bond acceptors (Lipinski definition) is 2. The van der Waals surface area contributed by atoms with E-state index in [0.717, 1.165) is 10.6 Å². The number of carboxylic acids is 1. The molecule has 0 fully saturated rings. The van der Waals surface area contributed by atoms with E-state index in [1.54, 1.807) is 6.92 Å². The number of aliphatic carboxylic acids is 1. The molecule has 1 unspecified atom stereocenters. The third-order valence-electron chi connectivity index (χ3n) is 2.99. The average molecular weight is 305 g/mol. The van der Waals surface area contributed by atoms with E-state index in [1.165, 1.54) is 0 Å². The van der Waals surface area contributed by atoms with E-state index < -0.39 is 20.1 Å². The summed E-state index contributed by atoms with van der Waals surface area (Å²) in [6.07, 6.45) is 0. The lowest BCUT2D eigenvalue weighted by atomic mass is 10.4. The van der Waals surface area contributed by atoms with Gasteiger partial charge >= 0.3 is 5.97 Å². The standard InChI is InChI=1S/C15H17NO2P2/c1-12(15(17)18)16(19)20(13-8-4-2-5-9-13)14-10-6-3-7-11-14/h2-12H,19H2,1H3,(H,17,18)/t12-/m1/s1. The van der Waals surface area contributed by atoms with Crippen LogP contribution in [0.25, 0.3) is 0 Å². The zero-order valence-electron chi connectivity index (χ0n) is 11.2. The summed E-state index contributed by atoms with van der Waals surface area (Å²) in [5.41, 5.74) is 0. The summed E-state index contributed by atoms with van der Waals surface area (Å²) in [5, 5.41) is 11.5. The van der Waals surface area contributed by atoms with Gasteiger partial charge in [-0.3, -0.25) is 4.79 Å². The highest BCUT2D eigenvalue weighted by molar-refractivity contribution is 7.74. The molecule has 0 spiro atoms. The van der Waals surface area contributed by atoms with Gasteiger partial charge in [0.05, 0.1) is 0 Å². The number of carbonyl (C=O) groups is 1. The van der Waals surface area contributed by atoms with Crippen molar-refractivity contribution in [3.8, 4) is 0 Å². The van der Waals surface area contributed by atoms with Crippen LogP contribution in [0.3, 0.4) is 0 Å². The lowest BCUT2D eigenvalue weighted by Crippen LogP contribution is -2.33. The summed E-state index contributed by atoms with van der Waals surface area (Å²) in [6.45, 7) is 1.70. The molecule has 0 saturated carbocycles. The van der Waals surface area contributed by atoms with Gasteiger partial charge in [-0.25, -0.2) is 4.44 Å². The first kappa shape index (κ1) is 15.1. The maximum Gasteiger partial charge on any atom is 0.321 e. The molecule has 0 bridgehead atoms. The zero-order chi connectivity index (χ0) is 14.5. The Balaban J connectivity index is 2.43. The van der Waals surface area contributed by atoms with Gasteiger partial charge < -0.3 is 5.11 Å². The molecule has 104 valence electrons. The molecule has 20 heavy (non-hydrogen) atoms. The Morgan fingerprint density at radius 1 is 1.05 bits per heavy atom. The molecule has 3 nitrogen and oxygen atoms in total. The summed E-state index contributed by atoms with van der Waals surface area (Å²) >= 11 is 0. The Kier molecular flexibility index (Phi) is 5.25. The van der Waals surface area contributed by atoms with Crippen LogP contribution < -0.4 is 10.6 Å². The van der Waals surface area contributed by atoms with E-state index in [-0.39, 0.29) is 0 Å². The average Bonchev–Trinajstić information content (AvgIpc) is 2.48. The van der Waals surface area contributed by atoms with E-state index >= 15 is 0 Å². The van der Waals surface area contributed by atoms with Crippen LogP contribution in [0, 0.1) is 0 Å². The first-order chi connectivity index (χ1) is 9.61. The Morgan fingerprint density at radius 2 is 1.45 bits per heavy atom. The molecule has 2 atom stereocenters. The van der Waals surface area contributed by atoms with Crippen LogP contribution in [-0.2, 0) is 4.79 Å². The maximum atomic E-state index is 11.3. The van der Waals surface area contributed by atoms with Crippen molar-refractivity contribution in [2.45, 2.75) is 13.0 Å². The minimum atomic E-state index is -0.868. The van der Waals surface area contributed by atoms with Crippen LogP contribution in [0.1, 0.15) is 6.92 Å². The van der Waals surface area contributed by atoms with Crippen LogP contribution in [0.2, 0.25) is 0 Å². The van der Waals surface area contributed by atoms with E-state index in [9.17, 15) is 9.90 Å². The number of hydrogen-bond donors (Lipinski definition) is 1. The van der Waals surface area contributed by atoms with Crippen molar-refractivity contribution >= 4 is 34.0 Å². The first-order valence-corrected chi connectivity index (χ1v) is 8.09. The van der Waals surface area contributed by atoms with E-state index in [4.69, 9.17) is 0 Å². The molecular formula is C15H17NO2P2. The molecule has 0 saturated heterocycles.